The molecule has 3 aromatic rings. The molecule has 7 heteroatoms. The second kappa shape index (κ2) is 6.20. The molecule has 0 aromatic carbocycles. The first kappa shape index (κ1) is 15.2. The second-order valence-corrected chi connectivity index (χ2v) is 5.99. The normalized spacial score (nSPS) is 12.7. The SMILES string of the molecule is CC(C)CNC(=O)C(C)n1cc(-c2ncnc3[nH]ccc23)cn1. The van der Waals surface area contributed by atoms with Crippen LogP contribution in [0.2, 0.25) is 0 Å². The zero-order chi connectivity index (χ0) is 16.4. The Hall–Kier alpha value is -2.70. The number of hydrogen-bond acceptors (Lipinski definition) is 4. The number of hydrogen-bond donors (Lipinski definition) is 2. The summed E-state index contributed by atoms with van der Waals surface area (Å²) < 4.78 is 1.66. The molecular weight excluding hydrogens is 292 g/mol. The van der Waals surface area contributed by atoms with Crippen molar-refractivity contribution in [3.05, 3.63) is 31.0 Å². The molecule has 0 saturated carbocycles. The van der Waals surface area contributed by atoms with E-state index >= 15 is 0 Å². The van der Waals surface area contributed by atoms with Crippen LogP contribution in [0.25, 0.3) is 22.3 Å². The summed E-state index contributed by atoms with van der Waals surface area (Å²) in [7, 11) is 0. The van der Waals surface area contributed by atoms with Gasteiger partial charge in [0.25, 0.3) is 0 Å². The third-order valence-corrected chi connectivity index (χ3v) is 3.69. The van der Waals surface area contributed by atoms with E-state index in [9.17, 15) is 4.79 Å². The fraction of sp³-hybridized carbons (Fsp3) is 0.375. The van der Waals surface area contributed by atoms with Crippen molar-refractivity contribution >= 4 is 16.9 Å². The number of aromatic amines is 1. The summed E-state index contributed by atoms with van der Waals surface area (Å²) in [5, 5.41) is 8.18. The van der Waals surface area contributed by atoms with Gasteiger partial charge in [-0.2, -0.15) is 5.10 Å². The van der Waals surface area contributed by atoms with Gasteiger partial charge in [-0.05, 0) is 18.9 Å². The summed E-state index contributed by atoms with van der Waals surface area (Å²) in [5.74, 6) is 0.380. The molecule has 0 fully saturated rings. The Morgan fingerprint density at radius 2 is 2.17 bits per heavy atom. The Labute approximate surface area is 134 Å². The highest BCUT2D eigenvalue weighted by Gasteiger charge is 2.17. The highest BCUT2D eigenvalue weighted by Crippen LogP contribution is 2.24. The van der Waals surface area contributed by atoms with Crippen LogP contribution in [0.1, 0.15) is 26.8 Å². The topological polar surface area (TPSA) is 88.5 Å². The van der Waals surface area contributed by atoms with Crippen LogP contribution in [-0.2, 0) is 4.79 Å². The molecule has 1 amide bonds. The van der Waals surface area contributed by atoms with Crippen LogP contribution in [0, 0.1) is 5.92 Å². The number of aromatic nitrogens is 5. The van der Waals surface area contributed by atoms with Gasteiger partial charge in [-0.3, -0.25) is 9.48 Å². The fourth-order valence-corrected chi connectivity index (χ4v) is 2.35. The molecule has 0 radical (unpaired) electrons. The summed E-state index contributed by atoms with van der Waals surface area (Å²) in [6.45, 7) is 6.62. The van der Waals surface area contributed by atoms with Crippen LogP contribution in [0.3, 0.4) is 0 Å². The number of carbonyl (C=O) groups excluding carboxylic acids is 1. The molecule has 2 N–H and O–H groups in total. The molecule has 23 heavy (non-hydrogen) atoms. The minimum atomic E-state index is -0.369. The van der Waals surface area contributed by atoms with Gasteiger partial charge < -0.3 is 10.3 Å². The van der Waals surface area contributed by atoms with Crippen LogP contribution in [0.5, 0.6) is 0 Å². The summed E-state index contributed by atoms with van der Waals surface area (Å²) in [4.78, 5) is 23.7. The summed E-state index contributed by atoms with van der Waals surface area (Å²) in [6, 6.07) is 1.56. The molecule has 0 aliphatic rings. The van der Waals surface area contributed by atoms with Gasteiger partial charge in [0.05, 0.1) is 11.9 Å². The molecule has 1 atom stereocenters. The summed E-state index contributed by atoms with van der Waals surface area (Å²) in [6.07, 6.45) is 6.91. The lowest BCUT2D eigenvalue weighted by Gasteiger charge is -2.13. The molecule has 120 valence electrons. The highest BCUT2D eigenvalue weighted by atomic mass is 16.2. The molecule has 3 rings (SSSR count). The van der Waals surface area contributed by atoms with E-state index in [1.807, 2.05) is 25.4 Å². The molecule has 0 aliphatic heterocycles. The van der Waals surface area contributed by atoms with Crippen LogP contribution in [0.15, 0.2) is 31.0 Å². The van der Waals surface area contributed by atoms with Crippen molar-refractivity contribution in [1.82, 2.24) is 30.0 Å². The number of H-pyrrole nitrogens is 1. The Balaban J connectivity index is 1.83. The fourth-order valence-electron chi connectivity index (χ4n) is 2.35. The molecule has 0 spiro atoms. The molecule has 3 aromatic heterocycles. The quantitative estimate of drug-likeness (QED) is 0.755. The lowest BCUT2D eigenvalue weighted by atomic mass is 10.2. The lowest BCUT2D eigenvalue weighted by Crippen LogP contribution is -2.33. The number of fused-ring (bicyclic) bond motifs is 1. The monoisotopic (exact) mass is 312 g/mol. The van der Waals surface area contributed by atoms with Crippen LogP contribution < -0.4 is 5.32 Å². The maximum Gasteiger partial charge on any atom is 0.244 e. The van der Waals surface area contributed by atoms with E-state index in [0.717, 1.165) is 22.3 Å². The van der Waals surface area contributed by atoms with Crippen molar-refractivity contribution in [3.63, 3.8) is 0 Å². The van der Waals surface area contributed by atoms with Crippen LogP contribution >= 0.6 is 0 Å². The molecule has 1 unspecified atom stereocenters. The third-order valence-electron chi connectivity index (χ3n) is 3.69. The average Bonchev–Trinajstić information content (AvgIpc) is 3.20. The van der Waals surface area contributed by atoms with Gasteiger partial charge >= 0.3 is 0 Å². The molecule has 3 heterocycles. The number of carbonyl (C=O) groups is 1. The predicted octanol–water partition coefficient (Wildman–Crippen LogP) is 2.15. The van der Waals surface area contributed by atoms with Gasteiger partial charge in [0.1, 0.15) is 18.0 Å². The van der Waals surface area contributed by atoms with Crippen molar-refractivity contribution in [2.45, 2.75) is 26.8 Å². The van der Waals surface area contributed by atoms with E-state index in [2.05, 4.69) is 39.2 Å². The molecule has 0 aliphatic carbocycles. The van der Waals surface area contributed by atoms with Gasteiger partial charge in [0.2, 0.25) is 5.91 Å². The van der Waals surface area contributed by atoms with Crippen molar-refractivity contribution in [2.75, 3.05) is 6.54 Å². The minimum Gasteiger partial charge on any atom is -0.354 e. The standard InChI is InChI=1S/C16H20N6O/c1-10(2)6-18-16(23)11(3)22-8-12(7-21-22)14-13-4-5-17-15(13)20-9-19-14/h4-5,7-11H,6H2,1-3H3,(H,18,23)(H,17,19,20). The second-order valence-electron chi connectivity index (χ2n) is 5.99. The predicted molar refractivity (Wildman–Crippen MR) is 87.7 cm³/mol. The first-order chi connectivity index (χ1) is 11.1. The number of rotatable bonds is 5. The van der Waals surface area contributed by atoms with E-state index in [-0.39, 0.29) is 11.9 Å². The van der Waals surface area contributed by atoms with Crippen LogP contribution in [-0.4, -0.2) is 37.2 Å². The smallest absolute Gasteiger partial charge is 0.244 e. The largest absolute Gasteiger partial charge is 0.354 e. The zero-order valence-electron chi connectivity index (χ0n) is 13.4. The van der Waals surface area contributed by atoms with E-state index in [1.54, 1.807) is 10.9 Å². The first-order valence-corrected chi connectivity index (χ1v) is 7.66. The van der Waals surface area contributed by atoms with Crippen molar-refractivity contribution in [2.24, 2.45) is 5.92 Å². The van der Waals surface area contributed by atoms with Crippen molar-refractivity contribution in [1.29, 1.82) is 0 Å². The Kier molecular flexibility index (Phi) is 4.10. The third kappa shape index (κ3) is 3.08. The highest BCUT2D eigenvalue weighted by molar-refractivity contribution is 5.90. The number of amides is 1. The zero-order valence-corrected chi connectivity index (χ0v) is 13.4. The van der Waals surface area contributed by atoms with Gasteiger partial charge in [-0.25, -0.2) is 9.97 Å². The molecular formula is C16H20N6O. The average molecular weight is 312 g/mol. The van der Waals surface area contributed by atoms with E-state index in [4.69, 9.17) is 0 Å². The van der Waals surface area contributed by atoms with Crippen LogP contribution in [0.4, 0.5) is 0 Å². The Morgan fingerprint density at radius 3 is 2.96 bits per heavy atom. The molecule has 0 saturated heterocycles. The molecule has 0 bridgehead atoms. The summed E-state index contributed by atoms with van der Waals surface area (Å²) in [5.41, 5.74) is 2.45. The first-order valence-electron chi connectivity index (χ1n) is 7.66. The van der Waals surface area contributed by atoms with Gasteiger partial charge in [-0.1, -0.05) is 13.8 Å². The van der Waals surface area contributed by atoms with Crippen molar-refractivity contribution < 1.29 is 4.79 Å². The lowest BCUT2D eigenvalue weighted by molar-refractivity contribution is -0.124. The van der Waals surface area contributed by atoms with Gasteiger partial charge in [-0.15, -0.1) is 0 Å². The maximum atomic E-state index is 12.2. The maximum absolute atomic E-state index is 12.2. The number of nitrogens with one attached hydrogen (secondary N) is 2. The van der Waals surface area contributed by atoms with Gasteiger partial charge in [0.15, 0.2) is 0 Å². The van der Waals surface area contributed by atoms with E-state index in [0.29, 0.717) is 12.5 Å². The summed E-state index contributed by atoms with van der Waals surface area (Å²) >= 11 is 0. The minimum absolute atomic E-state index is 0.0390. The number of nitrogens with zero attached hydrogens (tertiary/aromatic N) is 4. The molecule has 7 nitrogen and oxygen atoms in total. The Bertz CT molecular complexity index is 819. The Morgan fingerprint density at radius 1 is 1.35 bits per heavy atom. The van der Waals surface area contributed by atoms with Crippen molar-refractivity contribution in [3.8, 4) is 11.3 Å². The van der Waals surface area contributed by atoms with E-state index < -0.39 is 0 Å². The van der Waals surface area contributed by atoms with Gasteiger partial charge in [0, 0.05) is 29.9 Å². The van der Waals surface area contributed by atoms with E-state index in [1.165, 1.54) is 6.33 Å².